The van der Waals surface area contributed by atoms with E-state index in [0.29, 0.717) is 11.4 Å². The molecule has 0 spiro atoms. The molecule has 0 amide bonds. The van der Waals surface area contributed by atoms with Crippen molar-refractivity contribution in [3.63, 3.8) is 0 Å². The first-order chi connectivity index (χ1) is 7.71. The molecule has 1 aromatic rings. The summed E-state index contributed by atoms with van der Waals surface area (Å²) in [7, 11) is 0. The van der Waals surface area contributed by atoms with Crippen LogP contribution in [0, 0.1) is 18.3 Å². The van der Waals surface area contributed by atoms with Gasteiger partial charge >= 0.3 is 0 Å². The lowest BCUT2D eigenvalue weighted by Gasteiger charge is -2.41. The van der Waals surface area contributed by atoms with Crippen LogP contribution in [0.2, 0.25) is 0 Å². The van der Waals surface area contributed by atoms with Crippen molar-refractivity contribution in [1.82, 2.24) is 4.98 Å². The summed E-state index contributed by atoms with van der Waals surface area (Å²) in [5.41, 5.74) is 1.22. The average Bonchev–Trinajstić information content (AvgIpc) is 2.23. The minimum Gasteiger partial charge on any atom is -0.394 e. The van der Waals surface area contributed by atoms with Crippen molar-refractivity contribution in [2.45, 2.75) is 31.7 Å². The van der Waals surface area contributed by atoms with Gasteiger partial charge in [0.2, 0.25) is 0 Å². The van der Waals surface area contributed by atoms with Crippen LogP contribution in [0.3, 0.4) is 0 Å². The lowest BCUT2D eigenvalue weighted by atomic mass is 9.77. The van der Waals surface area contributed by atoms with Crippen LogP contribution in [-0.4, -0.2) is 22.2 Å². The Morgan fingerprint density at radius 1 is 1.62 bits per heavy atom. The zero-order valence-corrected chi connectivity index (χ0v) is 9.32. The van der Waals surface area contributed by atoms with Gasteiger partial charge in [-0.15, -0.1) is 0 Å². The molecule has 1 aliphatic rings. The van der Waals surface area contributed by atoms with Crippen LogP contribution in [0.4, 0.5) is 5.82 Å². The van der Waals surface area contributed by atoms with E-state index in [2.05, 4.69) is 16.4 Å². The number of nitrogens with one attached hydrogen (secondary N) is 1. The molecule has 1 aliphatic carbocycles. The van der Waals surface area contributed by atoms with Gasteiger partial charge in [-0.25, -0.2) is 4.98 Å². The van der Waals surface area contributed by atoms with E-state index in [1.54, 1.807) is 6.20 Å². The molecule has 4 nitrogen and oxygen atoms in total. The Hall–Kier alpha value is -1.60. The van der Waals surface area contributed by atoms with Crippen LogP contribution in [0.1, 0.15) is 30.4 Å². The summed E-state index contributed by atoms with van der Waals surface area (Å²) in [4.78, 5) is 4.18. The van der Waals surface area contributed by atoms with Crippen molar-refractivity contribution in [2.75, 3.05) is 11.9 Å². The third-order valence-electron chi connectivity index (χ3n) is 3.27. The van der Waals surface area contributed by atoms with Crippen molar-refractivity contribution < 1.29 is 5.11 Å². The summed E-state index contributed by atoms with van der Waals surface area (Å²) >= 11 is 0. The maximum atomic E-state index is 9.36. The molecule has 2 rings (SSSR count). The molecule has 2 N–H and O–H groups in total. The number of nitriles is 1. The van der Waals surface area contributed by atoms with Gasteiger partial charge in [0.25, 0.3) is 0 Å². The molecule has 0 atom stereocenters. The van der Waals surface area contributed by atoms with E-state index in [-0.39, 0.29) is 12.1 Å². The molecule has 84 valence electrons. The fraction of sp³-hybridized carbons (Fsp3) is 0.500. The van der Waals surface area contributed by atoms with E-state index in [9.17, 15) is 5.11 Å². The van der Waals surface area contributed by atoms with Crippen LogP contribution >= 0.6 is 0 Å². The summed E-state index contributed by atoms with van der Waals surface area (Å²) in [6.07, 6.45) is 4.66. The second-order valence-corrected chi connectivity index (χ2v) is 4.38. The highest BCUT2D eigenvalue weighted by Gasteiger charge is 2.37. The van der Waals surface area contributed by atoms with Gasteiger partial charge in [-0.3, -0.25) is 0 Å². The predicted octanol–water partition coefficient (Wildman–Crippen LogP) is 1.59. The fourth-order valence-corrected chi connectivity index (χ4v) is 1.97. The minimum atomic E-state index is -0.258. The molecule has 0 aliphatic heterocycles. The Balaban J connectivity index is 2.28. The van der Waals surface area contributed by atoms with Crippen LogP contribution in [0.25, 0.3) is 0 Å². The average molecular weight is 217 g/mol. The van der Waals surface area contributed by atoms with Gasteiger partial charge in [0, 0.05) is 6.20 Å². The first kappa shape index (κ1) is 10.9. The molecule has 0 aromatic carbocycles. The number of hydrogen-bond donors (Lipinski definition) is 2. The van der Waals surface area contributed by atoms with Crippen molar-refractivity contribution >= 4 is 5.82 Å². The molecular weight excluding hydrogens is 202 g/mol. The summed E-state index contributed by atoms with van der Waals surface area (Å²) in [6.45, 7) is 1.98. The number of rotatable bonds is 3. The third-order valence-corrected chi connectivity index (χ3v) is 3.27. The first-order valence-corrected chi connectivity index (χ1v) is 5.45. The second kappa shape index (κ2) is 4.11. The van der Waals surface area contributed by atoms with Crippen LogP contribution in [0.15, 0.2) is 12.3 Å². The molecule has 1 fully saturated rings. The SMILES string of the molecule is Cc1ccnc(NC2(CO)CCC2)c1C#N. The minimum absolute atomic E-state index is 0.0908. The number of anilines is 1. The third kappa shape index (κ3) is 1.74. The maximum Gasteiger partial charge on any atom is 0.144 e. The molecule has 1 heterocycles. The number of pyridine rings is 1. The number of aryl methyl sites for hydroxylation is 1. The van der Waals surface area contributed by atoms with Gasteiger partial charge in [0.05, 0.1) is 17.7 Å². The smallest absolute Gasteiger partial charge is 0.144 e. The van der Waals surface area contributed by atoms with Gasteiger partial charge in [0.1, 0.15) is 11.9 Å². The lowest BCUT2D eigenvalue weighted by Crippen LogP contribution is -2.48. The molecule has 0 unspecified atom stereocenters. The van der Waals surface area contributed by atoms with Crippen LogP contribution in [0.5, 0.6) is 0 Å². The van der Waals surface area contributed by atoms with Crippen molar-refractivity contribution in [3.8, 4) is 6.07 Å². The second-order valence-electron chi connectivity index (χ2n) is 4.38. The first-order valence-electron chi connectivity index (χ1n) is 5.45. The number of aliphatic hydroxyl groups is 1. The quantitative estimate of drug-likeness (QED) is 0.806. The van der Waals surface area contributed by atoms with Crippen molar-refractivity contribution in [3.05, 3.63) is 23.4 Å². The Morgan fingerprint density at radius 2 is 2.38 bits per heavy atom. The monoisotopic (exact) mass is 217 g/mol. The van der Waals surface area contributed by atoms with Crippen molar-refractivity contribution in [2.24, 2.45) is 0 Å². The summed E-state index contributed by atoms with van der Waals surface area (Å²) in [5.74, 6) is 0.594. The Bertz CT molecular complexity index is 427. The number of nitrogens with zero attached hydrogens (tertiary/aromatic N) is 2. The Morgan fingerprint density at radius 3 is 2.88 bits per heavy atom. The van der Waals surface area contributed by atoms with E-state index in [4.69, 9.17) is 5.26 Å². The summed E-state index contributed by atoms with van der Waals surface area (Å²) in [6, 6.07) is 3.97. The highest BCUT2D eigenvalue weighted by atomic mass is 16.3. The lowest BCUT2D eigenvalue weighted by molar-refractivity contribution is 0.144. The molecule has 0 bridgehead atoms. The summed E-state index contributed by atoms with van der Waals surface area (Å²) < 4.78 is 0. The zero-order valence-electron chi connectivity index (χ0n) is 9.32. The van der Waals surface area contributed by atoms with Gasteiger partial charge in [-0.1, -0.05) is 0 Å². The molecular formula is C12H15N3O. The largest absolute Gasteiger partial charge is 0.394 e. The molecule has 0 radical (unpaired) electrons. The molecule has 1 saturated carbocycles. The Kier molecular flexibility index (Phi) is 2.80. The number of aromatic nitrogens is 1. The van der Waals surface area contributed by atoms with E-state index >= 15 is 0 Å². The van der Waals surface area contributed by atoms with Gasteiger partial charge < -0.3 is 10.4 Å². The highest BCUT2D eigenvalue weighted by molar-refractivity contribution is 5.56. The zero-order chi connectivity index (χ0) is 11.6. The maximum absolute atomic E-state index is 9.36. The van der Waals surface area contributed by atoms with Gasteiger partial charge in [0.15, 0.2) is 0 Å². The van der Waals surface area contributed by atoms with E-state index in [1.165, 1.54) is 0 Å². The van der Waals surface area contributed by atoms with Crippen molar-refractivity contribution in [1.29, 1.82) is 5.26 Å². The number of aliphatic hydroxyl groups excluding tert-OH is 1. The fourth-order valence-electron chi connectivity index (χ4n) is 1.97. The molecule has 1 aromatic heterocycles. The standard InChI is InChI=1S/C12H15N3O/c1-9-3-6-14-11(10(9)7-13)15-12(8-16)4-2-5-12/h3,6,16H,2,4-5,8H2,1H3,(H,14,15). The topological polar surface area (TPSA) is 68.9 Å². The normalized spacial score (nSPS) is 17.3. The van der Waals surface area contributed by atoms with E-state index in [1.807, 2.05) is 13.0 Å². The molecule has 0 saturated heterocycles. The molecule has 16 heavy (non-hydrogen) atoms. The summed E-state index contributed by atoms with van der Waals surface area (Å²) in [5, 5.41) is 21.6. The highest BCUT2D eigenvalue weighted by Crippen LogP contribution is 2.35. The predicted molar refractivity (Wildman–Crippen MR) is 61.0 cm³/mol. The van der Waals surface area contributed by atoms with Crippen LogP contribution < -0.4 is 5.32 Å². The van der Waals surface area contributed by atoms with Gasteiger partial charge in [-0.05, 0) is 37.8 Å². The van der Waals surface area contributed by atoms with E-state index < -0.39 is 0 Å². The number of hydrogen-bond acceptors (Lipinski definition) is 4. The van der Waals surface area contributed by atoms with E-state index in [0.717, 1.165) is 24.8 Å². The Labute approximate surface area is 94.9 Å². The van der Waals surface area contributed by atoms with Gasteiger partial charge in [-0.2, -0.15) is 5.26 Å². The van der Waals surface area contributed by atoms with Crippen LogP contribution in [-0.2, 0) is 0 Å². The molecule has 4 heteroatoms.